The Morgan fingerprint density at radius 3 is 2.30 bits per heavy atom. The first kappa shape index (κ1) is 20.0. The van der Waals surface area contributed by atoms with Gasteiger partial charge in [0, 0.05) is 11.6 Å². The summed E-state index contributed by atoms with van der Waals surface area (Å²) in [5.41, 5.74) is 9.65. The normalized spacial score (nSPS) is 16.0. The van der Waals surface area contributed by atoms with E-state index in [4.69, 9.17) is 10.5 Å². The maximum Gasteiger partial charge on any atom is 0.126 e. The van der Waals surface area contributed by atoms with Gasteiger partial charge in [0.1, 0.15) is 5.75 Å². The molecule has 3 unspecified atom stereocenters. The average molecular weight is 322 g/mol. The van der Waals surface area contributed by atoms with E-state index in [2.05, 4.69) is 46.8 Å². The van der Waals surface area contributed by atoms with Crippen LogP contribution in [0.4, 0.5) is 0 Å². The molecule has 0 heterocycles. The van der Waals surface area contributed by atoms with Crippen LogP contribution < -0.4 is 10.5 Å². The molecule has 0 amide bonds. The highest BCUT2D eigenvalue weighted by atomic mass is 16.5. The molecule has 1 rings (SSSR count). The number of ether oxygens (including phenoxy) is 1. The summed E-state index contributed by atoms with van der Waals surface area (Å²) in [6.45, 7) is 15.6. The van der Waals surface area contributed by atoms with Crippen LogP contribution in [0.15, 0.2) is 12.1 Å². The van der Waals surface area contributed by atoms with Crippen molar-refractivity contribution in [1.29, 1.82) is 0 Å². The van der Waals surface area contributed by atoms with Gasteiger partial charge in [0.05, 0.1) is 12.7 Å². The van der Waals surface area contributed by atoms with E-state index < -0.39 is 6.10 Å². The first-order chi connectivity index (χ1) is 10.6. The Balaban J connectivity index is 3.25. The highest BCUT2D eigenvalue weighted by Gasteiger charge is 2.26. The van der Waals surface area contributed by atoms with Crippen molar-refractivity contribution >= 4 is 0 Å². The summed E-state index contributed by atoms with van der Waals surface area (Å²) < 4.78 is 6.03. The number of aryl methyl sites for hydroxylation is 1. The largest absolute Gasteiger partial charge is 0.493 e. The molecular weight excluding hydrogens is 286 g/mol. The first-order valence-electron chi connectivity index (χ1n) is 8.83. The molecule has 0 radical (unpaired) electrons. The highest BCUT2D eigenvalue weighted by molar-refractivity contribution is 5.49. The Morgan fingerprint density at radius 2 is 1.83 bits per heavy atom. The van der Waals surface area contributed by atoms with Gasteiger partial charge in [0.2, 0.25) is 0 Å². The predicted octanol–water partition coefficient (Wildman–Crippen LogP) is 4.28. The van der Waals surface area contributed by atoms with Crippen LogP contribution in [0.1, 0.15) is 77.0 Å². The zero-order chi connectivity index (χ0) is 17.8. The quantitative estimate of drug-likeness (QED) is 0.788. The Morgan fingerprint density at radius 1 is 1.22 bits per heavy atom. The molecule has 0 bridgehead atoms. The molecule has 3 atom stereocenters. The molecular formula is C20H35NO2. The van der Waals surface area contributed by atoms with E-state index in [9.17, 15) is 5.11 Å². The van der Waals surface area contributed by atoms with Crippen LogP contribution in [-0.4, -0.2) is 23.9 Å². The van der Waals surface area contributed by atoms with Crippen molar-refractivity contribution in [3.8, 4) is 5.75 Å². The second kappa shape index (κ2) is 8.16. The van der Waals surface area contributed by atoms with Crippen molar-refractivity contribution in [3.05, 3.63) is 28.8 Å². The first-order valence-corrected chi connectivity index (χ1v) is 8.83. The monoisotopic (exact) mass is 321 g/mol. The third-order valence-corrected chi connectivity index (χ3v) is 4.45. The van der Waals surface area contributed by atoms with Crippen LogP contribution in [-0.2, 0) is 5.41 Å². The zero-order valence-electron chi connectivity index (χ0n) is 15.9. The lowest BCUT2D eigenvalue weighted by atomic mass is 9.81. The molecule has 132 valence electrons. The van der Waals surface area contributed by atoms with E-state index in [-0.39, 0.29) is 17.4 Å². The molecule has 1 aromatic rings. The topological polar surface area (TPSA) is 55.5 Å². The van der Waals surface area contributed by atoms with Gasteiger partial charge in [-0.15, -0.1) is 0 Å². The smallest absolute Gasteiger partial charge is 0.126 e. The summed E-state index contributed by atoms with van der Waals surface area (Å²) in [6.07, 6.45) is 0.957. The number of hydrogen-bond donors (Lipinski definition) is 2. The summed E-state index contributed by atoms with van der Waals surface area (Å²) in [4.78, 5) is 0. The van der Waals surface area contributed by atoms with E-state index in [0.29, 0.717) is 13.0 Å². The maximum absolute atomic E-state index is 10.3. The van der Waals surface area contributed by atoms with Crippen LogP contribution in [0.3, 0.4) is 0 Å². The number of aliphatic hydroxyl groups excluding tert-OH is 1. The number of nitrogens with two attached hydrogens (primary N) is 1. The molecule has 1 aromatic carbocycles. The lowest BCUT2D eigenvalue weighted by Gasteiger charge is -2.28. The second-order valence-corrected chi connectivity index (χ2v) is 7.69. The van der Waals surface area contributed by atoms with Crippen LogP contribution in [0.2, 0.25) is 0 Å². The van der Waals surface area contributed by atoms with Crippen LogP contribution in [0.25, 0.3) is 0 Å². The number of benzene rings is 1. The van der Waals surface area contributed by atoms with Crippen LogP contribution in [0, 0.1) is 6.92 Å². The van der Waals surface area contributed by atoms with Gasteiger partial charge in [-0.3, -0.25) is 0 Å². The molecule has 0 aromatic heterocycles. The maximum atomic E-state index is 10.3. The lowest BCUT2D eigenvalue weighted by molar-refractivity contribution is 0.126. The summed E-state index contributed by atoms with van der Waals surface area (Å²) in [7, 11) is 0. The number of rotatable bonds is 7. The van der Waals surface area contributed by atoms with Crippen molar-refractivity contribution < 1.29 is 9.84 Å². The minimum atomic E-state index is -0.483. The summed E-state index contributed by atoms with van der Waals surface area (Å²) in [5.74, 6) is 1.18. The molecule has 23 heavy (non-hydrogen) atoms. The van der Waals surface area contributed by atoms with Gasteiger partial charge < -0.3 is 15.6 Å². The Labute approximate surface area is 142 Å². The van der Waals surface area contributed by atoms with Crippen molar-refractivity contribution in [1.82, 2.24) is 0 Å². The third kappa shape index (κ3) is 5.22. The molecule has 0 aliphatic rings. The van der Waals surface area contributed by atoms with E-state index in [0.717, 1.165) is 12.2 Å². The van der Waals surface area contributed by atoms with Crippen molar-refractivity contribution in [3.63, 3.8) is 0 Å². The SMILES string of the molecule is CCOc1c(C(C)CC(O)C(N)CC)cc(C)cc1C(C)(C)C. The van der Waals surface area contributed by atoms with E-state index >= 15 is 0 Å². The second-order valence-electron chi connectivity index (χ2n) is 7.69. The van der Waals surface area contributed by atoms with Gasteiger partial charge in [-0.05, 0) is 43.6 Å². The van der Waals surface area contributed by atoms with E-state index in [1.165, 1.54) is 16.7 Å². The van der Waals surface area contributed by atoms with E-state index in [1.807, 2.05) is 13.8 Å². The molecule has 3 nitrogen and oxygen atoms in total. The minimum Gasteiger partial charge on any atom is -0.493 e. The molecule has 3 N–H and O–H groups in total. The minimum absolute atomic E-state index is 0.0173. The van der Waals surface area contributed by atoms with Gasteiger partial charge in [-0.25, -0.2) is 0 Å². The zero-order valence-corrected chi connectivity index (χ0v) is 15.9. The standard InChI is InChI=1S/C20H35NO2/c1-8-17(21)18(22)12-14(4)15-10-13(3)11-16(20(5,6)7)19(15)23-9-2/h10-11,14,17-18,22H,8-9,12,21H2,1-7H3. The van der Waals surface area contributed by atoms with Gasteiger partial charge in [-0.2, -0.15) is 0 Å². The van der Waals surface area contributed by atoms with Gasteiger partial charge in [-0.1, -0.05) is 52.3 Å². The fourth-order valence-corrected chi connectivity index (χ4v) is 2.97. The Hall–Kier alpha value is -1.06. The predicted molar refractivity (Wildman–Crippen MR) is 98.4 cm³/mol. The van der Waals surface area contributed by atoms with Gasteiger partial charge in [0.15, 0.2) is 0 Å². The molecule has 0 fully saturated rings. The van der Waals surface area contributed by atoms with Crippen LogP contribution >= 0.6 is 0 Å². The van der Waals surface area contributed by atoms with Crippen molar-refractivity contribution in [2.45, 2.75) is 84.8 Å². The summed E-state index contributed by atoms with van der Waals surface area (Å²) in [5, 5.41) is 10.3. The molecule has 0 saturated heterocycles. The fourth-order valence-electron chi connectivity index (χ4n) is 2.97. The highest BCUT2D eigenvalue weighted by Crippen LogP contribution is 2.40. The number of aliphatic hydroxyl groups is 1. The Kier molecular flexibility index (Phi) is 7.09. The molecule has 0 aliphatic heterocycles. The van der Waals surface area contributed by atoms with Crippen molar-refractivity contribution in [2.24, 2.45) is 5.73 Å². The summed E-state index contributed by atoms with van der Waals surface area (Å²) in [6, 6.07) is 4.24. The van der Waals surface area contributed by atoms with Crippen molar-refractivity contribution in [2.75, 3.05) is 6.61 Å². The van der Waals surface area contributed by atoms with Crippen LogP contribution in [0.5, 0.6) is 5.75 Å². The molecule has 0 aliphatic carbocycles. The fraction of sp³-hybridized carbons (Fsp3) is 0.700. The average Bonchev–Trinajstić information content (AvgIpc) is 2.46. The molecule has 0 spiro atoms. The Bertz CT molecular complexity index is 505. The number of hydrogen-bond acceptors (Lipinski definition) is 3. The molecule has 3 heteroatoms. The van der Waals surface area contributed by atoms with Gasteiger partial charge >= 0.3 is 0 Å². The third-order valence-electron chi connectivity index (χ3n) is 4.45. The van der Waals surface area contributed by atoms with Gasteiger partial charge in [0.25, 0.3) is 0 Å². The lowest BCUT2D eigenvalue weighted by Crippen LogP contribution is -2.34. The summed E-state index contributed by atoms with van der Waals surface area (Å²) >= 11 is 0. The molecule has 0 saturated carbocycles. The van der Waals surface area contributed by atoms with E-state index in [1.54, 1.807) is 0 Å².